The Labute approximate surface area is 192 Å². The van der Waals surface area contributed by atoms with Gasteiger partial charge in [0.2, 0.25) is 0 Å². The van der Waals surface area contributed by atoms with E-state index in [4.69, 9.17) is 11.6 Å². The minimum Gasteiger partial charge on any atom is -0.0837 e. The van der Waals surface area contributed by atoms with Gasteiger partial charge in [0.1, 0.15) is 0 Å². The third-order valence-corrected chi connectivity index (χ3v) is 7.51. The minimum absolute atomic E-state index is 0.280. The summed E-state index contributed by atoms with van der Waals surface area (Å²) < 4.78 is 0. The number of fused-ring (bicyclic) bond motifs is 10. The van der Waals surface area contributed by atoms with Crippen LogP contribution in [-0.2, 0) is 5.41 Å². The van der Waals surface area contributed by atoms with Crippen molar-refractivity contribution in [2.75, 3.05) is 0 Å². The Morgan fingerprint density at radius 2 is 0.844 bits per heavy atom. The first-order valence-electron chi connectivity index (χ1n) is 11.0. The van der Waals surface area contributed by atoms with E-state index >= 15 is 0 Å². The average Bonchev–Trinajstić information content (AvgIpc) is 3.31. The lowest BCUT2D eigenvalue weighted by atomic mass is 9.70. The molecule has 0 saturated carbocycles. The monoisotopic (exact) mass is 426 g/mol. The molecule has 5 aromatic rings. The molecule has 32 heavy (non-hydrogen) atoms. The molecule has 5 aromatic carbocycles. The third-order valence-electron chi connectivity index (χ3n) is 7.18. The van der Waals surface area contributed by atoms with E-state index in [1.165, 1.54) is 44.5 Å². The first-order chi connectivity index (χ1) is 15.8. The summed E-state index contributed by atoms with van der Waals surface area (Å²) >= 11 is 6.56. The van der Waals surface area contributed by atoms with Gasteiger partial charge in [-0.3, -0.25) is 0 Å². The molecule has 0 bridgehead atoms. The van der Waals surface area contributed by atoms with Crippen molar-refractivity contribution in [3.8, 4) is 33.4 Å². The van der Waals surface area contributed by atoms with Crippen LogP contribution >= 0.6 is 11.6 Å². The minimum atomic E-state index is -0.280. The van der Waals surface area contributed by atoms with Crippen LogP contribution in [0, 0.1) is 0 Å². The maximum atomic E-state index is 6.56. The Morgan fingerprint density at radius 1 is 0.406 bits per heavy atom. The highest BCUT2D eigenvalue weighted by atomic mass is 35.5. The van der Waals surface area contributed by atoms with Gasteiger partial charge < -0.3 is 0 Å². The highest BCUT2D eigenvalue weighted by Crippen LogP contribution is 2.62. The molecule has 0 heterocycles. The largest absolute Gasteiger partial charge is 0.0837 e. The zero-order valence-corrected chi connectivity index (χ0v) is 18.1. The zero-order valence-electron chi connectivity index (χ0n) is 17.3. The van der Waals surface area contributed by atoms with Gasteiger partial charge in [-0.1, -0.05) is 115 Å². The van der Waals surface area contributed by atoms with Gasteiger partial charge in [-0.25, -0.2) is 0 Å². The molecule has 0 unspecified atom stereocenters. The van der Waals surface area contributed by atoms with Crippen LogP contribution in [0.1, 0.15) is 22.3 Å². The summed E-state index contributed by atoms with van der Waals surface area (Å²) in [5.41, 5.74) is 12.7. The summed E-state index contributed by atoms with van der Waals surface area (Å²) in [4.78, 5) is 0. The summed E-state index contributed by atoms with van der Waals surface area (Å²) in [6.07, 6.45) is 0. The molecule has 0 aromatic heterocycles. The van der Waals surface area contributed by atoms with Gasteiger partial charge in [-0.05, 0) is 62.2 Å². The Bertz CT molecular complexity index is 1500. The van der Waals surface area contributed by atoms with E-state index in [1.54, 1.807) is 0 Å². The van der Waals surface area contributed by atoms with Crippen molar-refractivity contribution in [1.82, 2.24) is 0 Å². The van der Waals surface area contributed by atoms with E-state index in [0.717, 1.165) is 16.1 Å². The van der Waals surface area contributed by atoms with Gasteiger partial charge in [0.05, 0.1) is 5.41 Å². The molecular formula is C31H19Cl. The number of benzene rings is 5. The van der Waals surface area contributed by atoms with Gasteiger partial charge >= 0.3 is 0 Å². The van der Waals surface area contributed by atoms with Crippen LogP contribution in [0.25, 0.3) is 33.4 Å². The molecule has 150 valence electrons. The van der Waals surface area contributed by atoms with Gasteiger partial charge in [0, 0.05) is 10.6 Å². The molecule has 7 rings (SSSR count). The molecule has 1 heteroatoms. The summed E-state index contributed by atoms with van der Waals surface area (Å²) in [6.45, 7) is 0. The quantitative estimate of drug-likeness (QED) is 0.247. The average molecular weight is 427 g/mol. The SMILES string of the molecule is Clc1ccccc1-c1ccc2c(c1)-c1ccccc1C21c2ccccc2-c2ccccc21. The molecule has 0 amide bonds. The topological polar surface area (TPSA) is 0 Å². The van der Waals surface area contributed by atoms with Crippen molar-refractivity contribution in [2.45, 2.75) is 5.41 Å². The second kappa shape index (κ2) is 6.45. The molecule has 1 spiro atoms. The molecule has 0 aliphatic heterocycles. The van der Waals surface area contributed by atoms with Crippen LogP contribution in [0.4, 0.5) is 0 Å². The molecule has 0 radical (unpaired) electrons. The second-order valence-electron chi connectivity index (χ2n) is 8.63. The fourth-order valence-electron chi connectivity index (χ4n) is 5.96. The number of hydrogen-bond donors (Lipinski definition) is 0. The van der Waals surface area contributed by atoms with Crippen molar-refractivity contribution >= 4 is 11.6 Å². The lowest BCUT2D eigenvalue weighted by Gasteiger charge is -2.30. The number of halogens is 1. The van der Waals surface area contributed by atoms with Crippen LogP contribution in [0.5, 0.6) is 0 Å². The molecule has 2 aliphatic carbocycles. The zero-order chi connectivity index (χ0) is 21.3. The smallest absolute Gasteiger partial charge is 0.0725 e. The van der Waals surface area contributed by atoms with Crippen molar-refractivity contribution in [3.63, 3.8) is 0 Å². The maximum Gasteiger partial charge on any atom is 0.0725 e. The normalized spacial score (nSPS) is 14.0. The molecule has 0 fully saturated rings. The van der Waals surface area contributed by atoms with E-state index in [0.29, 0.717) is 0 Å². The van der Waals surface area contributed by atoms with E-state index in [9.17, 15) is 0 Å². The first kappa shape index (κ1) is 18.0. The van der Waals surface area contributed by atoms with Gasteiger partial charge in [-0.2, -0.15) is 0 Å². The lowest BCUT2D eigenvalue weighted by Crippen LogP contribution is -2.25. The van der Waals surface area contributed by atoms with Crippen molar-refractivity contribution < 1.29 is 0 Å². The van der Waals surface area contributed by atoms with E-state index in [1.807, 2.05) is 18.2 Å². The van der Waals surface area contributed by atoms with Crippen LogP contribution in [-0.4, -0.2) is 0 Å². The predicted molar refractivity (Wildman–Crippen MR) is 133 cm³/mol. The van der Waals surface area contributed by atoms with E-state index in [2.05, 4.69) is 97.1 Å². The highest BCUT2D eigenvalue weighted by molar-refractivity contribution is 6.33. The highest BCUT2D eigenvalue weighted by Gasteiger charge is 2.51. The molecule has 0 nitrogen and oxygen atoms in total. The van der Waals surface area contributed by atoms with Crippen LogP contribution in [0.2, 0.25) is 5.02 Å². The lowest BCUT2D eigenvalue weighted by molar-refractivity contribution is 0.794. The van der Waals surface area contributed by atoms with E-state index < -0.39 is 0 Å². The Hall–Kier alpha value is -3.61. The number of rotatable bonds is 1. The molecule has 0 N–H and O–H groups in total. The van der Waals surface area contributed by atoms with Crippen LogP contribution in [0.3, 0.4) is 0 Å². The summed E-state index contributed by atoms with van der Waals surface area (Å²) in [5, 5.41) is 0.782. The Balaban J connectivity index is 1.61. The Morgan fingerprint density at radius 3 is 1.41 bits per heavy atom. The Kier molecular flexibility index (Phi) is 3.63. The summed E-state index contributed by atoms with van der Waals surface area (Å²) in [6, 6.07) is 41.7. The van der Waals surface area contributed by atoms with Crippen LogP contribution in [0.15, 0.2) is 115 Å². The van der Waals surface area contributed by atoms with Crippen LogP contribution < -0.4 is 0 Å². The standard InChI is InChI=1S/C31H19Cl/c32-30-16-8-4-9-21(30)20-17-18-29-25(19-20)24-12-3-7-15-28(24)31(29)26-13-5-1-10-22(26)23-11-2-6-14-27(23)31/h1-19H. The van der Waals surface area contributed by atoms with Crippen molar-refractivity contribution in [3.05, 3.63) is 143 Å². The maximum absolute atomic E-state index is 6.56. The fourth-order valence-corrected chi connectivity index (χ4v) is 6.21. The summed E-state index contributed by atoms with van der Waals surface area (Å²) in [7, 11) is 0. The third kappa shape index (κ3) is 2.13. The van der Waals surface area contributed by atoms with Gasteiger partial charge in [-0.15, -0.1) is 0 Å². The van der Waals surface area contributed by atoms with Gasteiger partial charge in [0.25, 0.3) is 0 Å². The molecule has 0 atom stereocenters. The van der Waals surface area contributed by atoms with E-state index in [-0.39, 0.29) is 5.41 Å². The van der Waals surface area contributed by atoms with Gasteiger partial charge in [0.15, 0.2) is 0 Å². The first-order valence-corrected chi connectivity index (χ1v) is 11.4. The predicted octanol–water partition coefficient (Wildman–Crippen LogP) is 8.35. The number of hydrogen-bond acceptors (Lipinski definition) is 0. The van der Waals surface area contributed by atoms with Crippen molar-refractivity contribution in [2.24, 2.45) is 0 Å². The molecule has 2 aliphatic rings. The fraction of sp³-hybridized carbons (Fsp3) is 0.0323. The van der Waals surface area contributed by atoms with Crippen molar-refractivity contribution in [1.29, 1.82) is 0 Å². The molecular weight excluding hydrogens is 408 g/mol. The molecule has 0 saturated heterocycles. The summed E-state index contributed by atoms with van der Waals surface area (Å²) in [5.74, 6) is 0. The second-order valence-corrected chi connectivity index (χ2v) is 9.03.